The monoisotopic (exact) mass is 468 g/mol. The smallest absolute Gasteiger partial charge is 0.314 e. The molecule has 1 aliphatic carbocycles. The molecule has 0 atom stereocenters. The normalized spacial score (nSPS) is 17.9. The molecule has 1 fully saturated rings. The van der Waals surface area contributed by atoms with E-state index in [1.165, 1.54) is 24.3 Å². The zero-order valence-corrected chi connectivity index (χ0v) is 19.2. The summed E-state index contributed by atoms with van der Waals surface area (Å²) < 4.78 is 53.8. The van der Waals surface area contributed by atoms with Crippen LogP contribution in [-0.4, -0.2) is 12.6 Å². The minimum absolute atomic E-state index is 0.0871. The molecule has 0 aromatic heterocycles. The van der Waals surface area contributed by atoms with Gasteiger partial charge in [-0.25, -0.2) is 8.78 Å². The molecule has 3 aromatic rings. The number of esters is 1. The number of hydrogen-bond acceptors (Lipinski definition) is 3. The van der Waals surface area contributed by atoms with E-state index in [4.69, 9.17) is 9.47 Å². The van der Waals surface area contributed by atoms with Crippen molar-refractivity contribution in [3.8, 4) is 33.8 Å². The molecule has 1 saturated carbocycles. The van der Waals surface area contributed by atoms with Gasteiger partial charge in [0.2, 0.25) is 5.82 Å². The molecule has 0 spiro atoms. The van der Waals surface area contributed by atoms with Gasteiger partial charge in [-0.15, -0.1) is 0 Å². The number of hydrogen-bond donors (Lipinski definition) is 0. The Bertz CT molecular complexity index is 1170. The SMILES string of the molecule is CCOc1ccc(-c2ccc(-c3ccc(OC(=O)C4CCC(C)CC4)c(F)c3)cc2)c(F)c1F. The number of halogens is 3. The van der Waals surface area contributed by atoms with Crippen molar-refractivity contribution in [1.82, 2.24) is 0 Å². The van der Waals surface area contributed by atoms with Crippen molar-refractivity contribution in [1.29, 1.82) is 0 Å². The van der Waals surface area contributed by atoms with Crippen molar-refractivity contribution in [2.45, 2.75) is 39.5 Å². The molecular formula is C28H27F3O3. The van der Waals surface area contributed by atoms with Crippen molar-refractivity contribution in [2.75, 3.05) is 6.61 Å². The second-order valence-electron chi connectivity index (χ2n) is 8.77. The van der Waals surface area contributed by atoms with Crippen LogP contribution >= 0.6 is 0 Å². The highest BCUT2D eigenvalue weighted by Gasteiger charge is 2.26. The quantitative estimate of drug-likeness (QED) is 0.276. The van der Waals surface area contributed by atoms with Crippen molar-refractivity contribution in [3.05, 3.63) is 72.0 Å². The summed E-state index contributed by atoms with van der Waals surface area (Å²) in [5.41, 5.74) is 1.86. The maximum Gasteiger partial charge on any atom is 0.314 e. The van der Waals surface area contributed by atoms with Gasteiger partial charge in [-0.2, -0.15) is 4.39 Å². The molecule has 0 radical (unpaired) electrons. The summed E-state index contributed by atoms with van der Waals surface area (Å²) in [6.45, 7) is 4.10. The van der Waals surface area contributed by atoms with Crippen LogP contribution in [0.1, 0.15) is 39.5 Å². The van der Waals surface area contributed by atoms with Crippen LogP contribution in [0.4, 0.5) is 13.2 Å². The van der Waals surface area contributed by atoms with Gasteiger partial charge in [-0.3, -0.25) is 4.79 Å². The highest BCUT2D eigenvalue weighted by Crippen LogP contribution is 2.33. The average molecular weight is 469 g/mol. The van der Waals surface area contributed by atoms with Gasteiger partial charge in [0.1, 0.15) is 0 Å². The number of benzene rings is 3. The Balaban J connectivity index is 1.48. The van der Waals surface area contributed by atoms with Crippen LogP contribution in [0.15, 0.2) is 54.6 Å². The van der Waals surface area contributed by atoms with Gasteiger partial charge >= 0.3 is 5.97 Å². The molecular weight excluding hydrogens is 441 g/mol. The zero-order chi connectivity index (χ0) is 24.2. The van der Waals surface area contributed by atoms with E-state index in [9.17, 15) is 18.0 Å². The summed E-state index contributed by atoms with van der Waals surface area (Å²) in [5, 5.41) is 0. The van der Waals surface area contributed by atoms with E-state index in [1.54, 1.807) is 37.3 Å². The lowest BCUT2D eigenvalue weighted by molar-refractivity contribution is -0.140. The summed E-state index contributed by atoms with van der Waals surface area (Å²) >= 11 is 0. The third-order valence-corrected chi connectivity index (χ3v) is 6.37. The minimum atomic E-state index is -1.03. The molecule has 34 heavy (non-hydrogen) atoms. The van der Waals surface area contributed by atoms with Crippen LogP contribution in [0, 0.1) is 29.3 Å². The van der Waals surface area contributed by atoms with E-state index in [0.717, 1.165) is 25.7 Å². The molecule has 4 rings (SSSR count). The highest BCUT2D eigenvalue weighted by molar-refractivity contribution is 5.76. The predicted octanol–water partition coefficient (Wildman–Crippen LogP) is 7.57. The third kappa shape index (κ3) is 5.11. The van der Waals surface area contributed by atoms with E-state index >= 15 is 0 Å². The first-order chi connectivity index (χ1) is 16.4. The van der Waals surface area contributed by atoms with Crippen LogP contribution in [0.5, 0.6) is 11.5 Å². The van der Waals surface area contributed by atoms with Crippen molar-refractivity contribution >= 4 is 5.97 Å². The lowest BCUT2D eigenvalue weighted by Gasteiger charge is -2.24. The summed E-state index contributed by atoms with van der Waals surface area (Å²) in [6, 6.07) is 14.0. The van der Waals surface area contributed by atoms with Gasteiger partial charge < -0.3 is 9.47 Å². The summed E-state index contributed by atoms with van der Waals surface area (Å²) in [6.07, 6.45) is 3.49. The van der Waals surface area contributed by atoms with Crippen molar-refractivity contribution < 1.29 is 27.4 Å². The molecule has 0 unspecified atom stereocenters. The average Bonchev–Trinajstić information content (AvgIpc) is 2.84. The molecule has 0 aliphatic heterocycles. The molecule has 3 aromatic carbocycles. The highest BCUT2D eigenvalue weighted by atomic mass is 19.2. The van der Waals surface area contributed by atoms with Gasteiger partial charge in [-0.1, -0.05) is 37.3 Å². The Hall–Kier alpha value is -3.28. The van der Waals surface area contributed by atoms with Crippen LogP contribution in [0.2, 0.25) is 0 Å². The lowest BCUT2D eigenvalue weighted by atomic mass is 9.83. The van der Waals surface area contributed by atoms with Crippen LogP contribution in [0.25, 0.3) is 22.3 Å². The molecule has 0 N–H and O–H groups in total. The first-order valence-corrected chi connectivity index (χ1v) is 11.6. The number of carbonyl (C=O) groups is 1. The van der Waals surface area contributed by atoms with Crippen LogP contribution in [-0.2, 0) is 4.79 Å². The Morgan fingerprint density at radius 1 is 0.824 bits per heavy atom. The topological polar surface area (TPSA) is 35.5 Å². The molecule has 0 bridgehead atoms. The number of ether oxygens (including phenoxy) is 2. The summed E-state index contributed by atoms with van der Waals surface area (Å²) in [4.78, 5) is 12.4. The molecule has 1 aliphatic rings. The Morgan fingerprint density at radius 3 is 2.09 bits per heavy atom. The van der Waals surface area contributed by atoms with Gasteiger partial charge in [0.25, 0.3) is 0 Å². The lowest BCUT2D eigenvalue weighted by Crippen LogP contribution is -2.25. The van der Waals surface area contributed by atoms with Crippen molar-refractivity contribution in [2.24, 2.45) is 11.8 Å². The fourth-order valence-electron chi connectivity index (χ4n) is 4.31. The molecule has 0 saturated heterocycles. The fraction of sp³-hybridized carbons (Fsp3) is 0.321. The molecule has 178 valence electrons. The first-order valence-electron chi connectivity index (χ1n) is 11.6. The van der Waals surface area contributed by atoms with Crippen molar-refractivity contribution in [3.63, 3.8) is 0 Å². The van der Waals surface area contributed by atoms with Gasteiger partial charge in [0, 0.05) is 5.56 Å². The van der Waals surface area contributed by atoms with Gasteiger partial charge in [0.05, 0.1) is 12.5 Å². The van der Waals surface area contributed by atoms with E-state index in [0.29, 0.717) is 22.6 Å². The molecule has 6 heteroatoms. The number of carbonyl (C=O) groups excluding carboxylic acids is 1. The van der Waals surface area contributed by atoms with E-state index < -0.39 is 17.5 Å². The maximum atomic E-state index is 14.7. The Labute approximate surface area is 197 Å². The Kier molecular flexibility index (Phi) is 7.25. The Morgan fingerprint density at radius 2 is 1.44 bits per heavy atom. The summed E-state index contributed by atoms with van der Waals surface area (Å²) in [7, 11) is 0. The summed E-state index contributed by atoms with van der Waals surface area (Å²) in [5.74, 6) is -2.81. The van der Waals surface area contributed by atoms with E-state index in [-0.39, 0.29) is 35.6 Å². The first kappa shape index (κ1) is 23.9. The fourth-order valence-corrected chi connectivity index (χ4v) is 4.31. The maximum absolute atomic E-state index is 14.7. The van der Waals surface area contributed by atoms with Crippen LogP contribution in [0.3, 0.4) is 0 Å². The van der Waals surface area contributed by atoms with Gasteiger partial charge in [-0.05, 0) is 79.5 Å². The van der Waals surface area contributed by atoms with Crippen LogP contribution < -0.4 is 9.47 Å². The standard InChI is InChI=1S/C28H27F3O3/c1-3-33-25-15-13-22(26(30)27(25)31)19-10-8-18(9-11-19)21-12-14-24(23(29)16-21)34-28(32)20-6-4-17(2)5-7-20/h8-17,20H,3-7H2,1-2H3. The molecule has 3 nitrogen and oxygen atoms in total. The number of rotatable bonds is 6. The zero-order valence-electron chi connectivity index (χ0n) is 19.2. The second kappa shape index (κ2) is 10.3. The molecule has 0 amide bonds. The largest absolute Gasteiger partial charge is 0.491 e. The minimum Gasteiger partial charge on any atom is -0.491 e. The van der Waals surface area contributed by atoms with Gasteiger partial charge in [0.15, 0.2) is 23.1 Å². The third-order valence-electron chi connectivity index (χ3n) is 6.37. The van der Waals surface area contributed by atoms with E-state index in [2.05, 4.69) is 6.92 Å². The molecule has 0 heterocycles. The second-order valence-corrected chi connectivity index (χ2v) is 8.77. The predicted molar refractivity (Wildman–Crippen MR) is 125 cm³/mol. The van der Waals surface area contributed by atoms with E-state index in [1.807, 2.05) is 0 Å².